The molecule has 0 saturated carbocycles. The molecule has 0 amide bonds. The second kappa shape index (κ2) is 11.0. The molecule has 0 spiro atoms. The van der Waals surface area contributed by atoms with Crippen molar-refractivity contribution in [1.82, 2.24) is 0 Å². The molecule has 194 valence electrons. The zero-order chi connectivity index (χ0) is 27.4. The van der Waals surface area contributed by atoms with Crippen LogP contribution in [0.15, 0.2) is 150 Å². The minimum Gasteiger partial charge on any atom is -0.456 e. The van der Waals surface area contributed by atoms with Crippen LogP contribution in [0, 0.1) is 0 Å². The van der Waals surface area contributed by atoms with E-state index in [1.54, 1.807) is 0 Å². The lowest BCUT2D eigenvalue weighted by atomic mass is 10.0. The van der Waals surface area contributed by atoms with Gasteiger partial charge in [0, 0.05) is 10.8 Å². The minimum absolute atomic E-state index is 0.905. The lowest BCUT2D eigenvalue weighted by Crippen LogP contribution is -1.78. The van der Waals surface area contributed by atoms with E-state index in [1.807, 2.05) is 12.1 Å². The summed E-state index contributed by atoms with van der Waals surface area (Å²) in [6.07, 6.45) is 8.65. The lowest BCUT2D eigenvalue weighted by molar-refractivity contribution is 0.669. The maximum absolute atomic E-state index is 6.15. The monoisotopic (exact) mass is 524 g/mol. The van der Waals surface area contributed by atoms with Crippen molar-refractivity contribution in [2.75, 3.05) is 0 Å². The molecule has 7 rings (SSSR count). The Balaban J connectivity index is 1.11. The molecule has 41 heavy (non-hydrogen) atoms. The largest absolute Gasteiger partial charge is 0.456 e. The highest BCUT2D eigenvalue weighted by molar-refractivity contribution is 6.06. The summed E-state index contributed by atoms with van der Waals surface area (Å²) in [6, 6.07) is 51.1. The van der Waals surface area contributed by atoms with Gasteiger partial charge in [-0.1, -0.05) is 146 Å². The lowest BCUT2D eigenvalue weighted by Gasteiger charge is -2.02. The molecule has 0 aliphatic rings. The molecule has 0 unspecified atom stereocenters. The summed E-state index contributed by atoms with van der Waals surface area (Å²) >= 11 is 0. The Hall–Kier alpha value is -5.40. The Bertz CT molecular complexity index is 1840. The van der Waals surface area contributed by atoms with Gasteiger partial charge in [-0.25, -0.2) is 0 Å². The highest BCUT2D eigenvalue weighted by Gasteiger charge is 2.08. The number of furan rings is 1. The molecule has 6 aromatic carbocycles. The molecule has 0 fully saturated rings. The maximum atomic E-state index is 6.15. The summed E-state index contributed by atoms with van der Waals surface area (Å²) in [5.41, 5.74) is 11.4. The number of benzene rings is 6. The molecule has 0 aliphatic carbocycles. The maximum Gasteiger partial charge on any atom is 0.135 e. The Morgan fingerprint density at radius 2 is 0.659 bits per heavy atom. The van der Waals surface area contributed by atoms with E-state index in [0.717, 1.165) is 33.1 Å². The predicted octanol–water partition coefficient (Wildman–Crippen LogP) is 11.3. The third-order valence-corrected chi connectivity index (χ3v) is 7.49. The van der Waals surface area contributed by atoms with Crippen LogP contribution < -0.4 is 0 Å². The molecule has 1 heteroatoms. The highest BCUT2D eigenvalue weighted by atomic mass is 16.3. The van der Waals surface area contributed by atoms with Crippen molar-refractivity contribution in [2.45, 2.75) is 0 Å². The van der Waals surface area contributed by atoms with Gasteiger partial charge < -0.3 is 4.42 Å². The van der Waals surface area contributed by atoms with Crippen molar-refractivity contribution in [3.05, 3.63) is 168 Å². The second-order valence-electron chi connectivity index (χ2n) is 10.3. The van der Waals surface area contributed by atoms with E-state index < -0.39 is 0 Å². The Labute approximate surface area is 240 Å². The standard InChI is InChI=1S/C40H28O/c1-3-7-33(8-4-1)35-21-15-29(16-22-35)11-13-31-19-25-39-37(27-31)38-28-32(20-26-40(38)41-39)14-12-30-17-23-36(24-18-30)34-9-5-2-6-10-34/h1-28H/b13-11+,14-12+. The topological polar surface area (TPSA) is 13.1 Å². The SMILES string of the molecule is C(=C\c1ccc2oc3ccc(/C=C/c4ccc(-c5ccccc5)cc4)cc3c2c1)/c1ccc(-c2ccccc2)cc1. The highest BCUT2D eigenvalue weighted by Crippen LogP contribution is 2.31. The van der Waals surface area contributed by atoms with E-state index in [0.29, 0.717) is 0 Å². The molecule has 0 saturated heterocycles. The van der Waals surface area contributed by atoms with Crippen molar-refractivity contribution in [2.24, 2.45) is 0 Å². The first-order valence-corrected chi connectivity index (χ1v) is 13.9. The molecule has 7 aromatic rings. The van der Waals surface area contributed by atoms with Gasteiger partial charge in [0.05, 0.1) is 0 Å². The quantitative estimate of drug-likeness (QED) is 0.197. The van der Waals surface area contributed by atoms with Gasteiger partial charge in [-0.05, 0) is 68.8 Å². The summed E-state index contributed by atoms with van der Waals surface area (Å²) < 4.78 is 6.15. The van der Waals surface area contributed by atoms with Crippen LogP contribution in [0.2, 0.25) is 0 Å². The fourth-order valence-corrected chi connectivity index (χ4v) is 5.24. The van der Waals surface area contributed by atoms with E-state index in [-0.39, 0.29) is 0 Å². The summed E-state index contributed by atoms with van der Waals surface area (Å²) in [7, 11) is 0. The second-order valence-corrected chi connectivity index (χ2v) is 10.3. The van der Waals surface area contributed by atoms with Crippen LogP contribution in [-0.4, -0.2) is 0 Å². The molecule has 0 atom stereocenters. The van der Waals surface area contributed by atoms with Crippen molar-refractivity contribution in [1.29, 1.82) is 0 Å². The molecule has 0 radical (unpaired) electrons. The zero-order valence-corrected chi connectivity index (χ0v) is 22.6. The average molecular weight is 525 g/mol. The van der Waals surface area contributed by atoms with E-state index >= 15 is 0 Å². The normalized spacial score (nSPS) is 11.7. The van der Waals surface area contributed by atoms with Crippen molar-refractivity contribution in [3.63, 3.8) is 0 Å². The third kappa shape index (κ3) is 5.39. The van der Waals surface area contributed by atoms with Gasteiger partial charge in [0.1, 0.15) is 11.2 Å². The first kappa shape index (κ1) is 24.6. The third-order valence-electron chi connectivity index (χ3n) is 7.49. The average Bonchev–Trinajstić information content (AvgIpc) is 3.41. The predicted molar refractivity (Wildman–Crippen MR) is 175 cm³/mol. The summed E-state index contributed by atoms with van der Waals surface area (Å²) in [5.74, 6) is 0. The smallest absolute Gasteiger partial charge is 0.135 e. The first-order valence-electron chi connectivity index (χ1n) is 13.9. The number of fused-ring (bicyclic) bond motifs is 3. The Morgan fingerprint density at radius 1 is 0.317 bits per heavy atom. The fourth-order valence-electron chi connectivity index (χ4n) is 5.24. The fraction of sp³-hybridized carbons (Fsp3) is 0. The van der Waals surface area contributed by atoms with Gasteiger partial charge in [-0.2, -0.15) is 0 Å². The van der Waals surface area contributed by atoms with Gasteiger partial charge in [0.25, 0.3) is 0 Å². The minimum atomic E-state index is 0.905. The molecule has 0 bridgehead atoms. The van der Waals surface area contributed by atoms with Crippen LogP contribution in [0.5, 0.6) is 0 Å². The molecule has 1 heterocycles. The van der Waals surface area contributed by atoms with Crippen LogP contribution in [-0.2, 0) is 0 Å². The van der Waals surface area contributed by atoms with Crippen molar-refractivity contribution >= 4 is 46.2 Å². The molecule has 0 aliphatic heterocycles. The van der Waals surface area contributed by atoms with Gasteiger partial charge >= 0.3 is 0 Å². The number of hydrogen-bond acceptors (Lipinski definition) is 1. The van der Waals surface area contributed by atoms with E-state index in [9.17, 15) is 0 Å². The summed E-state index contributed by atoms with van der Waals surface area (Å²) in [4.78, 5) is 0. The molecule has 1 nitrogen and oxygen atoms in total. The van der Waals surface area contributed by atoms with Crippen LogP contribution in [0.3, 0.4) is 0 Å². The molecular weight excluding hydrogens is 496 g/mol. The van der Waals surface area contributed by atoms with Gasteiger partial charge in [0.2, 0.25) is 0 Å². The summed E-state index contributed by atoms with van der Waals surface area (Å²) in [6.45, 7) is 0. The zero-order valence-electron chi connectivity index (χ0n) is 22.6. The first-order chi connectivity index (χ1) is 20.3. The molecular formula is C40H28O. The van der Waals surface area contributed by atoms with E-state index in [4.69, 9.17) is 4.42 Å². The Morgan fingerprint density at radius 3 is 1.07 bits per heavy atom. The van der Waals surface area contributed by atoms with Crippen LogP contribution in [0.1, 0.15) is 22.3 Å². The van der Waals surface area contributed by atoms with Gasteiger partial charge in [0.15, 0.2) is 0 Å². The van der Waals surface area contributed by atoms with E-state index in [1.165, 1.54) is 33.4 Å². The van der Waals surface area contributed by atoms with Gasteiger partial charge in [-0.3, -0.25) is 0 Å². The molecule has 1 aromatic heterocycles. The summed E-state index contributed by atoms with van der Waals surface area (Å²) in [5, 5.41) is 2.26. The van der Waals surface area contributed by atoms with Crippen LogP contribution >= 0.6 is 0 Å². The Kier molecular flexibility index (Phi) is 6.61. The molecule has 0 N–H and O–H groups in total. The van der Waals surface area contributed by atoms with Crippen LogP contribution in [0.4, 0.5) is 0 Å². The van der Waals surface area contributed by atoms with E-state index in [2.05, 4.69) is 158 Å². The van der Waals surface area contributed by atoms with Gasteiger partial charge in [-0.15, -0.1) is 0 Å². The van der Waals surface area contributed by atoms with Crippen LogP contribution in [0.25, 0.3) is 68.5 Å². The van der Waals surface area contributed by atoms with Crippen molar-refractivity contribution in [3.8, 4) is 22.3 Å². The number of hydrogen-bond donors (Lipinski definition) is 0. The number of rotatable bonds is 6. The van der Waals surface area contributed by atoms with Crippen molar-refractivity contribution < 1.29 is 4.42 Å².